The minimum atomic E-state index is -3.85. The van der Waals surface area contributed by atoms with Gasteiger partial charge in [-0.05, 0) is 40.5 Å². The molecule has 1 aromatic carbocycles. The highest BCUT2D eigenvalue weighted by atomic mass is 79.9. The van der Waals surface area contributed by atoms with Crippen LogP contribution in [0, 0.1) is 0 Å². The molecule has 0 aromatic heterocycles. The van der Waals surface area contributed by atoms with Crippen molar-refractivity contribution in [2.24, 2.45) is 5.14 Å². The first-order valence-electron chi connectivity index (χ1n) is 6.35. The van der Waals surface area contributed by atoms with Gasteiger partial charge in [-0.3, -0.25) is 4.79 Å². The van der Waals surface area contributed by atoms with E-state index in [2.05, 4.69) is 22.9 Å². The van der Waals surface area contributed by atoms with Crippen LogP contribution in [0.2, 0.25) is 0 Å². The predicted molar refractivity (Wildman–Crippen MR) is 82.0 cm³/mol. The molecule has 0 heterocycles. The van der Waals surface area contributed by atoms with Gasteiger partial charge in [-0.2, -0.15) is 0 Å². The van der Waals surface area contributed by atoms with Crippen molar-refractivity contribution in [3.05, 3.63) is 28.2 Å². The van der Waals surface area contributed by atoms with Gasteiger partial charge in [-0.1, -0.05) is 19.8 Å². The van der Waals surface area contributed by atoms with Crippen molar-refractivity contribution in [3.63, 3.8) is 0 Å². The quantitative estimate of drug-likeness (QED) is 0.788. The maximum Gasteiger partial charge on any atom is 0.253 e. The molecule has 2 N–H and O–H groups in total. The summed E-state index contributed by atoms with van der Waals surface area (Å²) in [4.78, 5) is 13.7. The fourth-order valence-electron chi connectivity index (χ4n) is 1.78. The van der Waals surface area contributed by atoms with Gasteiger partial charge in [0.15, 0.2) is 0 Å². The van der Waals surface area contributed by atoms with Crippen molar-refractivity contribution in [2.75, 3.05) is 13.6 Å². The first-order valence-corrected chi connectivity index (χ1v) is 8.69. The monoisotopic (exact) mass is 362 g/mol. The smallest absolute Gasteiger partial charge is 0.253 e. The van der Waals surface area contributed by atoms with Gasteiger partial charge in [0.2, 0.25) is 10.0 Å². The third-order valence-electron chi connectivity index (χ3n) is 2.93. The second-order valence-electron chi connectivity index (χ2n) is 4.62. The zero-order valence-corrected chi connectivity index (χ0v) is 14.0. The number of hydrogen-bond acceptors (Lipinski definition) is 3. The van der Waals surface area contributed by atoms with Gasteiger partial charge in [-0.25, -0.2) is 13.6 Å². The van der Waals surface area contributed by atoms with E-state index in [0.717, 1.165) is 19.3 Å². The van der Waals surface area contributed by atoms with Crippen molar-refractivity contribution in [3.8, 4) is 0 Å². The summed E-state index contributed by atoms with van der Waals surface area (Å²) >= 11 is 3.12. The van der Waals surface area contributed by atoms with Gasteiger partial charge < -0.3 is 4.90 Å². The Kier molecular flexibility index (Phi) is 6.16. The third-order valence-corrected chi connectivity index (χ3v) is 4.83. The number of carbonyl (C=O) groups excluding carboxylic acids is 1. The molecule has 0 saturated carbocycles. The van der Waals surface area contributed by atoms with Crippen LogP contribution in [0.4, 0.5) is 0 Å². The Hall–Kier alpha value is -0.920. The van der Waals surface area contributed by atoms with Crippen LogP contribution >= 0.6 is 15.9 Å². The molecule has 1 rings (SSSR count). The standard InChI is InChI=1S/C13H19BrN2O3S/c1-3-4-5-8-16(2)13(17)10-6-7-11(14)12(9-10)20(15,18)19/h6-7,9H,3-5,8H2,1-2H3,(H2,15,18,19). The number of carbonyl (C=O) groups is 1. The lowest BCUT2D eigenvalue weighted by atomic mass is 10.2. The summed E-state index contributed by atoms with van der Waals surface area (Å²) < 4.78 is 23.2. The Morgan fingerprint density at radius 1 is 1.35 bits per heavy atom. The number of unbranched alkanes of at least 4 members (excludes halogenated alkanes) is 2. The minimum Gasteiger partial charge on any atom is -0.342 e. The molecule has 0 aliphatic rings. The molecule has 112 valence electrons. The second kappa shape index (κ2) is 7.19. The average Bonchev–Trinajstić information content (AvgIpc) is 2.37. The van der Waals surface area contributed by atoms with Crippen LogP contribution in [0.5, 0.6) is 0 Å². The first kappa shape index (κ1) is 17.1. The normalized spacial score (nSPS) is 11.4. The topological polar surface area (TPSA) is 80.5 Å². The van der Waals surface area contributed by atoms with Gasteiger partial charge in [0.25, 0.3) is 5.91 Å². The fraction of sp³-hybridized carbons (Fsp3) is 0.462. The van der Waals surface area contributed by atoms with Crippen molar-refractivity contribution >= 4 is 31.9 Å². The number of nitrogens with zero attached hydrogens (tertiary/aromatic N) is 1. The molecule has 0 spiro atoms. The minimum absolute atomic E-state index is 0.0784. The number of hydrogen-bond donors (Lipinski definition) is 1. The first-order chi connectivity index (χ1) is 9.27. The summed E-state index contributed by atoms with van der Waals surface area (Å²) in [6, 6.07) is 4.41. The summed E-state index contributed by atoms with van der Waals surface area (Å²) in [5.41, 5.74) is 0.316. The van der Waals surface area contributed by atoms with E-state index in [0.29, 0.717) is 16.6 Å². The molecule has 0 unspecified atom stereocenters. The number of nitrogens with two attached hydrogens (primary N) is 1. The number of halogens is 1. The van der Waals surface area contributed by atoms with Crippen LogP contribution in [-0.2, 0) is 10.0 Å². The number of rotatable bonds is 6. The Morgan fingerprint density at radius 3 is 2.55 bits per heavy atom. The Morgan fingerprint density at radius 2 is 2.00 bits per heavy atom. The molecular formula is C13H19BrN2O3S. The van der Waals surface area contributed by atoms with Gasteiger partial charge >= 0.3 is 0 Å². The van der Waals surface area contributed by atoms with Crippen LogP contribution in [0.15, 0.2) is 27.6 Å². The largest absolute Gasteiger partial charge is 0.342 e. The average molecular weight is 363 g/mol. The van der Waals surface area contributed by atoms with E-state index in [4.69, 9.17) is 5.14 Å². The molecule has 0 saturated heterocycles. The van der Waals surface area contributed by atoms with E-state index in [1.165, 1.54) is 12.1 Å². The zero-order chi connectivity index (χ0) is 15.3. The molecule has 20 heavy (non-hydrogen) atoms. The highest BCUT2D eigenvalue weighted by molar-refractivity contribution is 9.10. The summed E-state index contributed by atoms with van der Waals surface area (Å²) in [5.74, 6) is -0.210. The summed E-state index contributed by atoms with van der Waals surface area (Å²) in [6.07, 6.45) is 3.06. The molecule has 1 amide bonds. The maximum atomic E-state index is 12.2. The summed E-state index contributed by atoms with van der Waals surface area (Å²) in [7, 11) is -2.15. The van der Waals surface area contributed by atoms with Crippen molar-refractivity contribution in [1.29, 1.82) is 0 Å². The van der Waals surface area contributed by atoms with Gasteiger partial charge in [0.1, 0.15) is 0 Å². The molecule has 0 fully saturated rings. The van der Waals surface area contributed by atoms with E-state index in [1.807, 2.05) is 0 Å². The highest BCUT2D eigenvalue weighted by Gasteiger charge is 2.17. The van der Waals surface area contributed by atoms with Crippen molar-refractivity contribution in [1.82, 2.24) is 4.90 Å². The SMILES string of the molecule is CCCCCN(C)C(=O)c1ccc(Br)c(S(N)(=O)=O)c1. The lowest BCUT2D eigenvalue weighted by Gasteiger charge is -2.17. The van der Waals surface area contributed by atoms with Crippen LogP contribution in [0.25, 0.3) is 0 Å². The fourth-order valence-corrected chi connectivity index (χ4v) is 3.33. The Balaban J connectivity index is 2.94. The van der Waals surface area contributed by atoms with Gasteiger partial charge in [0, 0.05) is 23.6 Å². The maximum absolute atomic E-state index is 12.2. The van der Waals surface area contributed by atoms with Crippen molar-refractivity contribution in [2.45, 2.75) is 31.1 Å². The molecule has 5 nitrogen and oxygen atoms in total. The number of amides is 1. The van der Waals surface area contributed by atoms with Crippen molar-refractivity contribution < 1.29 is 13.2 Å². The van der Waals surface area contributed by atoms with Gasteiger partial charge in [-0.15, -0.1) is 0 Å². The molecule has 0 radical (unpaired) electrons. The lowest BCUT2D eigenvalue weighted by Crippen LogP contribution is -2.28. The van der Waals surface area contributed by atoms with E-state index < -0.39 is 10.0 Å². The number of benzene rings is 1. The van der Waals surface area contributed by atoms with Crippen LogP contribution in [-0.4, -0.2) is 32.8 Å². The second-order valence-corrected chi connectivity index (χ2v) is 7.01. The molecule has 0 aliphatic carbocycles. The Labute approximate surface area is 128 Å². The number of primary sulfonamides is 1. The Bertz CT molecular complexity index is 587. The molecule has 1 aromatic rings. The molecule has 0 aliphatic heterocycles. The van der Waals surface area contributed by atoms with E-state index in [-0.39, 0.29) is 10.8 Å². The highest BCUT2D eigenvalue weighted by Crippen LogP contribution is 2.22. The summed E-state index contributed by atoms with van der Waals surface area (Å²) in [6.45, 7) is 2.74. The van der Waals surface area contributed by atoms with E-state index >= 15 is 0 Å². The lowest BCUT2D eigenvalue weighted by molar-refractivity contribution is 0.0792. The predicted octanol–water partition coefficient (Wildman–Crippen LogP) is 2.36. The third kappa shape index (κ3) is 4.57. The summed E-state index contributed by atoms with van der Waals surface area (Å²) in [5, 5.41) is 5.12. The van der Waals surface area contributed by atoms with E-state index in [9.17, 15) is 13.2 Å². The van der Waals surface area contributed by atoms with E-state index in [1.54, 1.807) is 18.0 Å². The number of sulfonamides is 1. The van der Waals surface area contributed by atoms with Crippen LogP contribution in [0.1, 0.15) is 36.5 Å². The molecular weight excluding hydrogens is 344 g/mol. The molecule has 0 atom stereocenters. The van der Waals surface area contributed by atoms with Gasteiger partial charge in [0.05, 0.1) is 4.90 Å². The van der Waals surface area contributed by atoms with Crippen LogP contribution < -0.4 is 5.14 Å². The zero-order valence-electron chi connectivity index (χ0n) is 11.6. The molecule has 7 heteroatoms. The van der Waals surface area contributed by atoms with Crippen LogP contribution in [0.3, 0.4) is 0 Å². The molecule has 0 bridgehead atoms.